The molecule has 0 amide bonds. The van der Waals surface area contributed by atoms with Crippen LogP contribution < -0.4 is 0 Å². The van der Waals surface area contributed by atoms with E-state index in [1.54, 1.807) is 25.1 Å². The van der Waals surface area contributed by atoms with Crippen molar-refractivity contribution < 1.29 is 14.3 Å². The number of esters is 1. The average molecular weight is 282 g/mol. The van der Waals surface area contributed by atoms with Crippen LogP contribution in [-0.4, -0.2) is 18.9 Å². The van der Waals surface area contributed by atoms with Crippen molar-refractivity contribution in [3.63, 3.8) is 0 Å². The summed E-state index contributed by atoms with van der Waals surface area (Å²) in [6.07, 6.45) is 4.00. The van der Waals surface area contributed by atoms with E-state index in [9.17, 15) is 9.59 Å². The quantitative estimate of drug-likeness (QED) is 0.487. The van der Waals surface area contributed by atoms with Gasteiger partial charge in [-0.25, -0.2) is 4.79 Å². The van der Waals surface area contributed by atoms with Gasteiger partial charge in [0.2, 0.25) is 0 Å². The Hall–Kier alpha value is -2.68. The van der Waals surface area contributed by atoms with Gasteiger partial charge in [-0.2, -0.15) is 0 Å². The molecule has 108 valence electrons. The lowest BCUT2D eigenvalue weighted by molar-refractivity contribution is -0.137. The van der Waals surface area contributed by atoms with Crippen molar-refractivity contribution in [1.29, 1.82) is 0 Å². The second-order valence-electron chi connectivity index (χ2n) is 4.02. The summed E-state index contributed by atoms with van der Waals surface area (Å²) in [5, 5.41) is 0. The van der Waals surface area contributed by atoms with Crippen molar-refractivity contribution >= 4 is 18.3 Å². The molecule has 0 saturated heterocycles. The van der Waals surface area contributed by atoms with Gasteiger partial charge in [0, 0.05) is 11.6 Å². The summed E-state index contributed by atoms with van der Waals surface area (Å²) in [5.74, 6) is -0.300. The van der Waals surface area contributed by atoms with Crippen molar-refractivity contribution in [2.75, 3.05) is 6.61 Å². The van der Waals surface area contributed by atoms with Crippen LogP contribution in [0.15, 0.2) is 66.7 Å². The Morgan fingerprint density at radius 3 is 1.90 bits per heavy atom. The van der Waals surface area contributed by atoms with Gasteiger partial charge >= 0.3 is 5.97 Å². The van der Waals surface area contributed by atoms with Gasteiger partial charge in [0.05, 0.1) is 6.61 Å². The monoisotopic (exact) mass is 282 g/mol. The second-order valence-corrected chi connectivity index (χ2v) is 4.02. The topological polar surface area (TPSA) is 43.4 Å². The fourth-order valence-corrected chi connectivity index (χ4v) is 1.45. The van der Waals surface area contributed by atoms with Gasteiger partial charge in [-0.15, -0.1) is 0 Å². The highest BCUT2D eigenvalue weighted by atomic mass is 16.5. The summed E-state index contributed by atoms with van der Waals surface area (Å²) in [6, 6.07) is 18.7. The molecule has 0 spiro atoms. The second kappa shape index (κ2) is 10.1. The van der Waals surface area contributed by atoms with Crippen LogP contribution in [-0.2, 0) is 9.53 Å². The molecule has 0 N–H and O–H groups in total. The molecular weight excluding hydrogens is 264 g/mol. The van der Waals surface area contributed by atoms with Crippen molar-refractivity contribution in [2.45, 2.75) is 6.92 Å². The minimum atomic E-state index is -0.300. The number of rotatable bonds is 4. The molecule has 0 unspecified atom stereocenters. The average Bonchev–Trinajstić information content (AvgIpc) is 2.55. The van der Waals surface area contributed by atoms with Crippen molar-refractivity contribution in [3.05, 3.63) is 77.9 Å². The van der Waals surface area contributed by atoms with Gasteiger partial charge < -0.3 is 4.74 Å². The lowest BCUT2D eigenvalue weighted by Gasteiger charge is -1.94. The summed E-state index contributed by atoms with van der Waals surface area (Å²) in [7, 11) is 0. The largest absolute Gasteiger partial charge is 0.463 e. The van der Waals surface area contributed by atoms with Crippen LogP contribution in [0, 0.1) is 0 Å². The first kappa shape index (κ1) is 16.4. The summed E-state index contributed by atoms with van der Waals surface area (Å²) < 4.78 is 4.74. The maximum absolute atomic E-state index is 10.9. The summed E-state index contributed by atoms with van der Waals surface area (Å²) in [5.41, 5.74) is 1.73. The number of carbonyl (C=O) groups is 2. The first-order valence-electron chi connectivity index (χ1n) is 6.66. The van der Waals surface area contributed by atoms with E-state index in [4.69, 9.17) is 4.74 Å². The first-order chi connectivity index (χ1) is 10.3. The zero-order valence-electron chi connectivity index (χ0n) is 11.9. The van der Waals surface area contributed by atoms with Crippen LogP contribution >= 0.6 is 0 Å². The maximum atomic E-state index is 10.9. The van der Waals surface area contributed by atoms with Crippen LogP contribution in [0.25, 0.3) is 6.08 Å². The zero-order chi connectivity index (χ0) is 15.3. The Labute approximate surface area is 124 Å². The third-order valence-electron chi connectivity index (χ3n) is 2.43. The smallest absolute Gasteiger partial charge is 0.330 e. The normalized spacial score (nSPS) is 9.57. The van der Waals surface area contributed by atoms with Gasteiger partial charge in [-0.3, -0.25) is 4.79 Å². The third-order valence-corrected chi connectivity index (χ3v) is 2.43. The molecule has 0 aromatic heterocycles. The Balaban J connectivity index is 0.000000235. The van der Waals surface area contributed by atoms with Gasteiger partial charge in [0.15, 0.2) is 0 Å². The van der Waals surface area contributed by atoms with E-state index >= 15 is 0 Å². The first-order valence-corrected chi connectivity index (χ1v) is 6.66. The van der Waals surface area contributed by atoms with E-state index in [0.29, 0.717) is 6.61 Å². The van der Waals surface area contributed by atoms with Crippen LogP contribution in [0.1, 0.15) is 22.8 Å². The van der Waals surface area contributed by atoms with E-state index in [0.717, 1.165) is 17.4 Å². The van der Waals surface area contributed by atoms with Crippen LogP contribution in [0.5, 0.6) is 0 Å². The van der Waals surface area contributed by atoms with Gasteiger partial charge in [-0.05, 0) is 18.6 Å². The maximum Gasteiger partial charge on any atom is 0.330 e. The SMILES string of the molecule is CCOC(=O)C=Cc1ccccc1.O=Cc1ccccc1. The van der Waals surface area contributed by atoms with Crippen LogP contribution in [0.2, 0.25) is 0 Å². The molecule has 0 fully saturated rings. The van der Waals surface area contributed by atoms with Gasteiger partial charge in [0.25, 0.3) is 0 Å². The lowest BCUT2D eigenvalue weighted by Crippen LogP contribution is -1.98. The molecule has 0 atom stereocenters. The molecule has 0 radical (unpaired) electrons. The number of aldehydes is 1. The minimum absolute atomic E-state index is 0.300. The fraction of sp³-hybridized carbons (Fsp3) is 0.111. The van der Waals surface area contributed by atoms with E-state index < -0.39 is 0 Å². The van der Waals surface area contributed by atoms with Crippen molar-refractivity contribution in [2.24, 2.45) is 0 Å². The van der Waals surface area contributed by atoms with Crippen LogP contribution in [0.3, 0.4) is 0 Å². The molecule has 0 aliphatic heterocycles. The molecule has 0 aliphatic rings. The number of ether oxygens (including phenoxy) is 1. The molecule has 3 heteroatoms. The molecule has 2 aromatic carbocycles. The van der Waals surface area contributed by atoms with Gasteiger partial charge in [0.1, 0.15) is 6.29 Å². The summed E-state index contributed by atoms with van der Waals surface area (Å²) in [4.78, 5) is 20.9. The molecule has 2 rings (SSSR count). The third kappa shape index (κ3) is 7.47. The molecular formula is C18H18O3. The Morgan fingerprint density at radius 2 is 1.48 bits per heavy atom. The zero-order valence-corrected chi connectivity index (χ0v) is 11.9. The van der Waals surface area contributed by atoms with E-state index in [2.05, 4.69) is 0 Å². The molecule has 2 aromatic rings. The predicted octanol–water partition coefficient (Wildman–Crippen LogP) is 3.76. The number of benzene rings is 2. The Bertz CT molecular complexity index is 560. The lowest BCUT2D eigenvalue weighted by atomic mass is 10.2. The molecule has 0 bridgehead atoms. The Morgan fingerprint density at radius 1 is 0.952 bits per heavy atom. The number of carbonyl (C=O) groups excluding carboxylic acids is 2. The molecule has 0 heterocycles. The van der Waals surface area contributed by atoms with Crippen molar-refractivity contribution in [1.82, 2.24) is 0 Å². The fourth-order valence-electron chi connectivity index (χ4n) is 1.45. The highest BCUT2D eigenvalue weighted by molar-refractivity contribution is 5.86. The predicted molar refractivity (Wildman–Crippen MR) is 83.9 cm³/mol. The van der Waals surface area contributed by atoms with E-state index in [1.165, 1.54) is 6.08 Å². The molecule has 0 saturated carbocycles. The minimum Gasteiger partial charge on any atom is -0.463 e. The summed E-state index contributed by atoms with van der Waals surface area (Å²) >= 11 is 0. The number of hydrogen-bond donors (Lipinski definition) is 0. The summed E-state index contributed by atoms with van der Waals surface area (Å²) in [6.45, 7) is 2.20. The van der Waals surface area contributed by atoms with Gasteiger partial charge in [-0.1, -0.05) is 60.7 Å². The standard InChI is InChI=1S/C11H12O2.C7H6O/c1-2-13-11(12)9-8-10-6-4-3-5-7-10;8-6-7-4-2-1-3-5-7/h3-9H,2H2,1H3;1-6H. The van der Waals surface area contributed by atoms with E-state index in [-0.39, 0.29) is 5.97 Å². The van der Waals surface area contributed by atoms with Crippen molar-refractivity contribution in [3.8, 4) is 0 Å². The molecule has 3 nitrogen and oxygen atoms in total. The molecule has 0 aliphatic carbocycles. The van der Waals surface area contributed by atoms with Crippen LogP contribution in [0.4, 0.5) is 0 Å². The Kier molecular flexibility index (Phi) is 7.91. The highest BCUT2D eigenvalue weighted by Gasteiger charge is 1.92. The molecule has 21 heavy (non-hydrogen) atoms. The number of hydrogen-bond acceptors (Lipinski definition) is 3. The van der Waals surface area contributed by atoms with E-state index in [1.807, 2.05) is 48.5 Å². The highest BCUT2D eigenvalue weighted by Crippen LogP contribution is 2.00.